The van der Waals surface area contributed by atoms with E-state index in [-0.39, 0.29) is 18.9 Å². The number of carbonyl (C=O) groups is 2. The quantitative estimate of drug-likeness (QED) is 0.188. The first kappa shape index (κ1) is 28.3. The molecule has 0 aliphatic heterocycles. The Morgan fingerprint density at radius 2 is 1.38 bits per heavy atom. The molecule has 0 fully saturated rings. The minimum absolute atomic E-state index is 0.0661. The van der Waals surface area contributed by atoms with E-state index in [0.29, 0.717) is 45.2 Å². The number of nitrogens with zero attached hydrogens (tertiary/aromatic N) is 1. The average molecular weight is 584 g/mol. The minimum Gasteiger partial charge on any atom is -0.481 e. The van der Waals surface area contributed by atoms with Crippen LogP contribution < -0.4 is 15.0 Å². The molecule has 0 saturated heterocycles. The van der Waals surface area contributed by atoms with Crippen LogP contribution in [-0.2, 0) is 17.9 Å². The Morgan fingerprint density at radius 1 is 0.744 bits per heavy atom. The summed E-state index contributed by atoms with van der Waals surface area (Å²) >= 11 is 18.5. The molecule has 1 amide bonds. The van der Waals surface area contributed by atoms with Crippen LogP contribution in [0.5, 0.6) is 11.5 Å². The van der Waals surface area contributed by atoms with Crippen molar-refractivity contribution in [2.45, 2.75) is 19.5 Å². The van der Waals surface area contributed by atoms with Gasteiger partial charge >= 0.3 is 5.97 Å². The van der Waals surface area contributed by atoms with Crippen LogP contribution in [0.15, 0.2) is 91.0 Å². The molecule has 0 spiro atoms. The first-order valence-corrected chi connectivity index (χ1v) is 13.2. The van der Waals surface area contributed by atoms with Crippen LogP contribution >= 0.6 is 34.8 Å². The van der Waals surface area contributed by atoms with E-state index in [1.165, 1.54) is 0 Å². The molecule has 4 rings (SSSR count). The Morgan fingerprint density at radius 3 is 2.03 bits per heavy atom. The van der Waals surface area contributed by atoms with Crippen molar-refractivity contribution < 1.29 is 19.4 Å². The van der Waals surface area contributed by atoms with Gasteiger partial charge < -0.3 is 20.1 Å². The molecule has 9 heteroatoms. The summed E-state index contributed by atoms with van der Waals surface area (Å²) in [6.07, 6.45) is -0.135. The van der Waals surface area contributed by atoms with Gasteiger partial charge in [-0.25, -0.2) is 0 Å². The Balaban J connectivity index is 1.54. The Kier molecular flexibility index (Phi) is 9.71. The number of carboxylic acids is 1. The van der Waals surface area contributed by atoms with Crippen LogP contribution in [-0.4, -0.2) is 23.5 Å². The molecule has 2 N–H and O–H groups in total. The number of hydrogen-bond donors (Lipinski definition) is 2. The third-order valence-electron chi connectivity index (χ3n) is 5.73. The van der Waals surface area contributed by atoms with E-state index < -0.39 is 5.97 Å². The molecular weight excluding hydrogens is 559 g/mol. The highest BCUT2D eigenvalue weighted by Crippen LogP contribution is 2.30. The number of rotatable bonds is 11. The molecule has 0 aliphatic rings. The lowest BCUT2D eigenvalue weighted by Gasteiger charge is -2.26. The van der Waals surface area contributed by atoms with Crippen LogP contribution in [0, 0.1) is 0 Å². The van der Waals surface area contributed by atoms with Crippen molar-refractivity contribution in [2.75, 3.05) is 11.4 Å². The van der Waals surface area contributed by atoms with Crippen LogP contribution in [0.2, 0.25) is 15.1 Å². The number of carboxylic acid groups (broad SMARTS) is 1. The van der Waals surface area contributed by atoms with Crippen molar-refractivity contribution in [3.8, 4) is 11.5 Å². The molecule has 0 heterocycles. The third kappa shape index (κ3) is 8.65. The number of hydrogen-bond acceptors (Lipinski definition) is 4. The van der Waals surface area contributed by atoms with Gasteiger partial charge in [0.15, 0.2) is 0 Å². The predicted molar refractivity (Wildman–Crippen MR) is 155 cm³/mol. The number of ether oxygens (including phenoxy) is 1. The van der Waals surface area contributed by atoms with Gasteiger partial charge in [-0.05, 0) is 77.9 Å². The van der Waals surface area contributed by atoms with Gasteiger partial charge in [0.1, 0.15) is 11.5 Å². The van der Waals surface area contributed by atoms with Crippen molar-refractivity contribution >= 4 is 52.4 Å². The van der Waals surface area contributed by atoms with Crippen LogP contribution in [0.4, 0.5) is 5.69 Å². The fraction of sp³-hybridized carbons (Fsp3) is 0.133. The summed E-state index contributed by atoms with van der Waals surface area (Å²) in [6, 6.07) is 27.6. The predicted octanol–water partition coefficient (Wildman–Crippen LogP) is 7.85. The maximum absolute atomic E-state index is 12.4. The summed E-state index contributed by atoms with van der Waals surface area (Å²) < 4.78 is 6.00. The molecule has 0 bridgehead atoms. The summed E-state index contributed by atoms with van der Waals surface area (Å²) in [5.41, 5.74) is 3.37. The zero-order chi connectivity index (χ0) is 27.8. The van der Waals surface area contributed by atoms with Gasteiger partial charge in [0.2, 0.25) is 0 Å². The van der Waals surface area contributed by atoms with E-state index in [9.17, 15) is 9.59 Å². The van der Waals surface area contributed by atoms with Crippen molar-refractivity contribution in [3.63, 3.8) is 0 Å². The fourth-order valence-electron chi connectivity index (χ4n) is 3.95. The molecule has 0 atom stereocenters. The highest BCUT2D eigenvalue weighted by molar-refractivity contribution is 6.34. The van der Waals surface area contributed by atoms with Gasteiger partial charge in [0, 0.05) is 46.0 Å². The van der Waals surface area contributed by atoms with Crippen molar-refractivity contribution in [3.05, 3.63) is 123 Å². The molecule has 4 aromatic rings. The van der Waals surface area contributed by atoms with E-state index >= 15 is 0 Å². The summed E-state index contributed by atoms with van der Waals surface area (Å²) in [6.45, 7) is 1.18. The second-order valence-corrected chi connectivity index (χ2v) is 10.1. The summed E-state index contributed by atoms with van der Waals surface area (Å²) in [5.74, 6) is -0.108. The van der Waals surface area contributed by atoms with E-state index in [1.807, 2.05) is 60.7 Å². The summed E-state index contributed by atoms with van der Waals surface area (Å²) in [5, 5.41) is 13.0. The smallest absolute Gasteiger partial charge is 0.305 e. The standard InChI is InChI=1S/C30H25Cl3N2O4/c31-23-5-1-3-20(13-23)18-35(26-9-7-22(8-10-26)30(38)34-12-11-29(36)37)19-21-4-2-6-27(14-21)39-28-16-24(32)15-25(33)17-28/h1-10,13-17H,11-12,18-19H2,(H,34,38)(H,36,37). The number of carbonyl (C=O) groups excluding carboxylic acids is 1. The molecule has 4 aromatic carbocycles. The molecule has 39 heavy (non-hydrogen) atoms. The maximum atomic E-state index is 12.4. The molecule has 0 unspecified atom stereocenters. The molecule has 0 saturated carbocycles. The molecule has 200 valence electrons. The monoisotopic (exact) mass is 582 g/mol. The fourth-order valence-corrected chi connectivity index (χ4v) is 4.67. The third-order valence-corrected chi connectivity index (χ3v) is 6.40. The number of anilines is 1. The summed E-state index contributed by atoms with van der Waals surface area (Å²) in [7, 11) is 0. The van der Waals surface area contributed by atoms with Crippen molar-refractivity contribution in [2.24, 2.45) is 0 Å². The van der Waals surface area contributed by atoms with E-state index in [1.54, 1.807) is 30.3 Å². The highest BCUT2D eigenvalue weighted by atomic mass is 35.5. The zero-order valence-electron chi connectivity index (χ0n) is 20.7. The van der Waals surface area contributed by atoms with Crippen LogP contribution in [0.3, 0.4) is 0 Å². The zero-order valence-corrected chi connectivity index (χ0v) is 23.0. The topological polar surface area (TPSA) is 78.9 Å². The van der Waals surface area contributed by atoms with Gasteiger partial charge in [0.25, 0.3) is 5.91 Å². The Bertz CT molecular complexity index is 1440. The first-order chi connectivity index (χ1) is 18.7. The molecular formula is C30H25Cl3N2O4. The summed E-state index contributed by atoms with van der Waals surface area (Å²) in [4.78, 5) is 25.3. The molecule has 0 aromatic heterocycles. The number of nitrogens with one attached hydrogen (secondary N) is 1. The first-order valence-electron chi connectivity index (χ1n) is 12.1. The van der Waals surface area contributed by atoms with E-state index in [2.05, 4.69) is 10.2 Å². The van der Waals surface area contributed by atoms with Crippen molar-refractivity contribution in [1.82, 2.24) is 5.32 Å². The highest BCUT2D eigenvalue weighted by Gasteiger charge is 2.13. The van der Waals surface area contributed by atoms with Gasteiger partial charge in [-0.3, -0.25) is 9.59 Å². The second-order valence-electron chi connectivity index (χ2n) is 8.79. The Labute approximate surface area is 241 Å². The number of halogens is 3. The molecule has 0 aliphatic carbocycles. The largest absolute Gasteiger partial charge is 0.481 e. The number of amides is 1. The van der Waals surface area contributed by atoms with Crippen LogP contribution in [0.25, 0.3) is 0 Å². The van der Waals surface area contributed by atoms with Gasteiger partial charge in [0.05, 0.1) is 6.42 Å². The van der Waals surface area contributed by atoms with E-state index in [0.717, 1.165) is 16.8 Å². The van der Waals surface area contributed by atoms with E-state index in [4.69, 9.17) is 44.6 Å². The minimum atomic E-state index is -0.965. The number of benzene rings is 4. The van der Waals surface area contributed by atoms with Gasteiger partial charge in [-0.1, -0.05) is 59.1 Å². The van der Waals surface area contributed by atoms with Gasteiger partial charge in [-0.2, -0.15) is 0 Å². The number of aliphatic carboxylic acids is 1. The lowest BCUT2D eigenvalue weighted by molar-refractivity contribution is -0.136. The molecule has 6 nitrogen and oxygen atoms in total. The normalized spacial score (nSPS) is 10.6. The lowest BCUT2D eigenvalue weighted by atomic mass is 10.1. The van der Waals surface area contributed by atoms with Crippen LogP contribution in [0.1, 0.15) is 27.9 Å². The average Bonchev–Trinajstić information content (AvgIpc) is 2.88. The Hall–Kier alpha value is -3.71. The van der Waals surface area contributed by atoms with Crippen molar-refractivity contribution in [1.29, 1.82) is 0 Å². The second kappa shape index (κ2) is 13.4. The molecule has 0 radical (unpaired) electrons. The SMILES string of the molecule is O=C(O)CCNC(=O)c1ccc(N(Cc2cccc(Cl)c2)Cc2cccc(Oc3cc(Cl)cc(Cl)c3)c2)cc1. The van der Waals surface area contributed by atoms with Gasteiger partial charge in [-0.15, -0.1) is 0 Å². The maximum Gasteiger partial charge on any atom is 0.305 e. The lowest BCUT2D eigenvalue weighted by Crippen LogP contribution is -2.26.